The minimum absolute atomic E-state index is 0.127. The van der Waals surface area contributed by atoms with E-state index in [0.29, 0.717) is 12.2 Å². The second-order valence-corrected chi connectivity index (χ2v) is 5.31. The molecule has 1 unspecified atom stereocenters. The predicted octanol–water partition coefficient (Wildman–Crippen LogP) is 2.72. The Balaban J connectivity index is 1.87. The van der Waals surface area contributed by atoms with Crippen molar-refractivity contribution >= 4 is 21.6 Å². The molecule has 1 aromatic carbocycles. The molecule has 0 spiro atoms. The number of morpholine rings is 1. The van der Waals surface area contributed by atoms with Crippen molar-refractivity contribution in [2.75, 3.05) is 38.1 Å². The molecule has 0 bridgehead atoms. The van der Waals surface area contributed by atoms with Crippen LogP contribution in [0.15, 0.2) is 22.7 Å². The molecular weight excluding hydrogens is 299 g/mol. The highest BCUT2D eigenvalue weighted by molar-refractivity contribution is 9.10. The van der Waals surface area contributed by atoms with Gasteiger partial charge in [-0.1, -0.05) is 22.9 Å². The van der Waals surface area contributed by atoms with E-state index in [1.807, 2.05) is 6.07 Å². The number of halogens is 2. The third-order valence-electron chi connectivity index (χ3n) is 3.12. The molecule has 0 aliphatic carbocycles. The molecule has 1 aliphatic rings. The zero-order valence-electron chi connectivity index (χ0n) is 10.5. The minimum atomic E-state index is -0.243. The largest absolute Gasteiger partial charge is 0.380 e. The van der Waals surface area contributed by atoms with Crippen molar-refractivity contribution in [3.63, 3.8) is 0 Å². The van der Waals surface area contributed by atoms with Gasteiger partial charge in [-0.25, -0.2) is 4.39 Å². The summed E-state index contributed by atoms with van der Waals surface area (Å²) in [6, 6.07) is 5.02. The molecule has 2 rings (SSSR count). The number of rotatable bonds is 4. The van der Waals surface area contributed by atoms with Crippen LogP contribution in [0.5, 0.6) is 0 Å². The van der Waals surface area contributed by atoms with E-state index in [4.69, 9.17) is 4.74 Å². The van der Waals surface area contributed by atoms with Crippen LogP contribution in [0.3, 0.4) is 0 Å². The Labute approximate surface area is 115 Å². The molecule has 0 aromatic heterocycles. The fraction of sp³-hybridized carbons (Fsp3) is 0.538. The van der Waals surface area contributed by atoms with Crippen LogP contribution in [0.4, 0.5) is 10.1 Å². The normalized spacial score (nSPS) is 20.9. The van der Waals surface area contributed by atoms with Gasteiger partial charge < -0.3 is 10.1 Å². The van der Waals surface area contributed by atoms with E-state index < -0.39 is 0 Å². The zero-order valence-corrected chi connectivity index (χ0v) is 12.0. The van der Waals surface area contributed by atoms with Gasteiger partial charge in [0.2, 0.25) is 0 Å². The van der Waals surface area contributed by atoms with Crippen LogP contribution in [0.25, 0.3) is 0 Å². The lowest BCUT2D eigenvalue weighted by atomic mass is 10.2. The van der Waals surface area contributed by atoms with Crippen LogP contribution in [-0.2, 0) is 4.74 Å². The van der Waals surface area contributed by atoms with Gasteiger partial charge in [0.1, 0.15) is 5.82 Å². The third-order valence-corrected chi connectivity index (χ3v) is 3.61. The van der Waals surface area contributed by atoms with Gasteiger partial charge in [-0.3, -0.25) is 4.90 Å². The fourth-order valence-electron chi connectivity index (χ4n) is 2.05. The average Bonchev–Trinajstić information content (AvgIpc) is 2.38. The molecule has 3 nitrogen and oxygen atoms in total. The Kier molecular flexibility index (Phi) is 4.97. The molecule has 0 saturated carbocycles. The molecule has 5 heteroatoms. The van der Waals surface area contributed by atoms with Crippen molar-refractivity contribution in [1.82, 2.24) is 4.90 Å². The summed E-state index contributed by atoms with van der Waals surface area (Å²) < 4.78 is 20.0. The summed E-state index contributed by atoms with van der Waals surface area (Å²) in [6.07, 6.45) is 0.127. The van der Waals surface area contributed by atoms with E-state index in [1.54, 1.807) is 6.07 Å². The van der Waals surface area contributed by atoms with Gasteiger partial charge in [-0.15, -0.1) is 0 Å². The van der Waals surface area contributed by atoms with E-state index in [-0.39, 0.29) is 11.9 Å². The number of anilines is 1. The van der Waals surface area contributed by atoms with Gasteiger partial charge in [0.05, 0.1) is 18.4 Å². The van der Waals surface area contributed by atoms with Crippen LogP contribution in [0, 0.1) is 5.82 Å². The lowest BCUT2D eigenvalue weighted by molar-refractivity contribution is -0.0192. The SMILES string of the molecule is CCN1CCOC(CNc2ccc(Br)cc2F)C1. The summed E-state index contributed by atoms with van der Waals surface area (Å²) in [7, 11) is 0. The van der Waals surface area contributed by atoms with Crippen LogP contribution in [0.1, 0.15) is 6.92 Å². The predicted molar refractivity (Wildman–Crippen MR) is 74.4 cm³/mol. The van der Waals surface area contributed by atoms with Crippen LogP contribution < -0.4 is 5.32 Å². The first kappa shape index (κ1) is 13.8. The second-order valence-electron chi connectivity index (χ2n) is 4.39. The number of hydrogen-bond donors (Lipinski definition) is 1. The molecule has 1 heterocycles. The standard InChI is InChI=1S/C13H18BrFN2O/c1-2-17-5-6-18-11(9-17)8-16-13-4-3-10(14)7-12(13)15/h3-4,7,11,16H,2,5-6,8-9H2,1H3. The summed E-state index contributed by atoms with van der Waals surface area (Å²) in [5.41, 5.74) is 0.524. The maximum absolute atomic E-state index is 13.6. The molecule has 1 aromatic rings. The van der Waals surface area contributed by atoms with E-state index in [0.717, 1.165) is 30.7 Å². The molecule has 18 heavy (non-hydrogen) atoms. The van der Waals surface area contributed by atoms with Crippen molar-refractivity contribution in [2.45, 2.75) is 13.0 Å². The quantitative estimate of drug-likeness (QED) is 0.924. The lowest BCUT2D eigenvalue weighted by Gasteiger charge is -2.32. The zero-order chi connectivity index (χ0) is 13.0. The fourth-order valence-corrected chi connectivity index (χ4v) is 2.38. The molecule has 1 saturated heterocycles. The number of nitrogens with one attached hydrogen (secondary N) is 1. The minimum Gasteiger partial charge on any atom is -0.380 e. The van der Waals surface area contributed by atoms with Crippen LogP contribution in [0.2, 0.25) is 0 Å². The lowest BCUT2D eigenvalue weighted by Crippen LogP contribution is -2.45. The van der Waals surface area contributed by atoms with Gasteiger partial charge in [-0.05, 0) is 24.7 Å². The smallest absolute Gasteiger partial charge is 0.147 e. The Hall–Kier alpha value is -0.650. The number of hydrogen-bond acceptors (Lipinski definition) is 3. The highest BCUT2D eigenvalue weighted by Gasteiger charge is 2.19. The summed E-state index contributed by atoms with van der Waals surface area (Å²) >= 11 is 3.24. The molecule has 1 fully saturated rings. The number of benzene rings is 1. The Morgan fingerprint density at radius 1 is 1.56 bits per heavy atom. The van der Waals surface area contributed by atoms with E-state index in [2.05, 4.69) is 33.1 Å². The van der Waals surface area contributed by atoms with Gasteiger partial charge >= 0.3 is 0 Å². The van der Waals surface area contributed by atoms with Crippen molar-refractivity contribution in [3.05, 3.63) is 28.5 Å². The van der Waals surface area contributed by atoms with Crippen molar-refractivity contribution in [3.8, 4) is 0 Å². The number of likely N-dealkylation sites (N-methyl/N-ethyl adjacent to an activating group) is 1. The summed E-state index contributed by atoms with van der Waals surface area (Å²) in [5.74, 6) is -0.243. The molecule has 100 valence electrons. The molecule has 1 N–H and O–H groups in total. The monoisotopic (exact) mass is 316 g/mol. The maximum atomic E-state index is 13.6. The first-order chi connectivity index (χ1) is 8.69. The topological polar surface area (TPSA) is 24.5 Å². The summed E-state index contributed by atoms with van der Waals surface area (Å²) in [5, 5.41) is 3.11. The molecule has 0 radical (unpaired) electrons. The highest BCUT2D eigenvalue weighted by atomic mass is 79.9. The average molecular weight is 317 g/mol. The highest BCUT2D eigenvalue weighted by Crippen LogP contribution is 2.19. The van der Waals surface area contributed by atoms with Crippen molar-refractivity contribution in [2.24, 2.45) is 0 Å². The van der Waals surface area contributed by atoms with E-state index in [9.17, 15) is 4.39 Å². The van der Waals surface area contributed by atoms with Crippen LogP contribution in [-0.4, -0.2) is 43.8 Å². The van der Waals surface area contributed by atoms with Crippen LogP contribution >= 0.6 is 15.9 Å². The Morgan fingerprint density at radius 2 is 2.39 bits per heavy atom. The Morgan fingerprint density at radius 3 is 3.11 bits per heavy atom. The third kappa shape index (κ3) is 3.67. The van der Waals surface area contributed by atoms with Gasteiger partial charge in [0.25, 0.3) is 0 Å². The van der Waals surface area contributed by atoms with Gasteiger partial charge in [0.15, 0.2) is 0 Å². The first-order valence-electron chi connectivity index (χ1n) is 6.22. The van der Waals surface area contributed by atoms with Gasteiger partial charge in [0, 0.05) is 24.1 Å². The first-order valence-corrected chi connectivity index (χ1v) is 7.01. The molecule has 1 atom stereocenters. The Bertz CT molecular complexity index is 403. The number of ether oxygens (including phenoxy) is 1. The number of nitrogens with zero attached hydrogens (tertiary/aromatic N) is 1. The summed E-state index contributed by atoms with van der Waals surface area (Å²) in [4.78, 5) is 2.34. The summed E-state index contributed by atoms with van der Waals surface area (Å²) in [6.45, 7) is 6.45. The molecular formula is C13H18BrFN2O. The van der Waals surface area contributed by atoms with Crippen molar-refractivity contribution < 1.29 is 9.13 Å². The molecule has 0 amide bonds. The maximum Gasteiger partial charge on any atom is 0.147 e. The second kappa shape index (κ2) is 6.50. The van der Waals surface area contributed by atoms with Gasteiger partial charge in [-0.2, -0.15) is 0 Å². The van der Waals surface area contributed by atoms with Crippen molar-refractivity contribution in [1.29, 1.82) is 0 Å². The van der Waals surface area contributed by atoms with E-state index >= 15 is 0 Å². The van der Waals surface area contributed by atoms with E-state index in [1.165, 1.54) is 6.07 Å². The molecule has 1 aliphatic heterocycles.